The topological polar surface area (TPSA) is 69.6 Å². The second-order valence-electron chi connectivity index (χ2n) is 14.7. The Morgan fingerprint density at radius 3 is 1.16 bits per heavy atom. The first-order valence-electron chi connectivity index (χ1n) is 21.7. The van der Waals surface area contributed by atoms with E-state index in [4.69, 9.17) is 0 Å². The first-order chi connectivity index (χ1) is 24.2. The highest BCUT2D eigenvalue weighted by atomic mass is 16.3. The molecule has 0 spiro atoms. The lowest BCUT2D eigenvalue weighted by Gasteiger charge is -2.19. The second-order valence-corrected chi connectivity index (χ2v) is 14.7. The van der Waals surface area contributed by atoms with Gasteiger partial charge in [0, 0.05) is 6.42 Å². The van der Waals surface area contributed by atoms with Crippen molar-refractivity contribution in [3.8, 4) is 0 Å². The molecule has 0 aliphatic carbocycles. The molecular weight excluding hydrogens is 602 g/mol. The normalized spacial score (nSPS) is 13.3. The molecule has 0 rings (SSSR count). The minimum atomic E-state index is -0.865. The fraction of sp³-hybridized carbons (Fsp3) is 0.844. The number of amides is 1. The maximum Gasteiger partial charge on any atom is 0.220 e. The Balaban J connectivity index is 3.45. The number of carbonyl (C=O) groups is 1. The molecule has 4 nitrogen and oxygen atoms in total. The fourth-order valence-corrected chi connectivity index (χ4v) is 6.57. The number of nitrogens with one attached hydrogen (secondary N) is 1. The second kappa shape index (κ2) is 41.0. The van der Waals surface area contributed by atoms with E-state index in [1.807, 2.05) is 6.08 Å². The van der Waals surface area contributed by atoms with E-state index in [2.05, 4.69) is 43.5 Å². The summed E-state index contributed by atoms with van der Waals surface area (Å²) in [4.78, 5) is 12.3. The highest BCUT2D eigenvalue weighted by Crippen LogP contribution is 2.16. The maximum atomic E-state index is 12.3. The molecule has 288 valence electrons. The van der Waals surface area contributed by atoms with Crippen LogP contribution >= 0.6 is 0 Å². The highest BCUT2D eigenvalue weighted by molar-refractivity contribution is 5.76. The standard InChI is InChI=1S/C45H85NO3/c1-3-5-7-9-11-13-15-16-17-18-19-20-21-22-23-24-25-26-27-28-29-30-31-33-35-37-39-41-45(49)46-43(42-47)44(48)40-38-36-34-32-14-12-10-8-6-4-2/h6,8,14,32,38,40,43-44,47-48H,3-5,7,9-13,15-31,33-37,39,41-42H2,1-2H3,(H,46,49)/b8-6+,32-14+,40-38+. The molecule has 0 fully saturated rings. The summed E-state index contributed by atoms with van der Waals surface area (Å²) in [5.41, 5.74) is 0. The SMILES string of the molecule is CC/C=C/CC/C=C/CC/C=C/C(O)C(CO)NC(=O)CCCCCCCCCCCCCCCCCCCCCCCCCCCCC. The molecule has 0 heterocycles. The number of hydrogen-bond acceptors (Lipinski definition) is 3. The monoisotopic (exact) mass is 688 g/mol. The minimum Gasteiger partial charge on any atom is -0.394 e. The van der Waals surface area contributed by atoms with Gasteiger partial charge in [0.15, 0.2) is 0 Å². The van der Waals surface area contributed by atoms with E-state index in [1.54, 1.807) is 6.08 Å². The summed E-state index contributed by atoms with van der Waals surface area (Å²) in [6.45, 7) is 4.18. The summed E-state index contributed by atoms with van der Waals surface area (Å²) in [6.07, 6.45) is 54.2. The number of rotatable bonds is 39. The van der Waals surface area contributed by atoms with E-state index >= 15 is 0 Å². The van der Waals surface area contributed by atoms with Crippen LogP contribution in [0.1, 0.15) is 226 Å². The van der Waals surface area contributed by atoms with Gasteiger partial charge < -0.3 is 15.5 Å². The van der Waals surface area contributed by atoms with Crippen LogP contribution in [0.3, 0.4) is 0 Å². The number of allylic oxidation sites excluding steroid dienone is 5. The van der Waals surface area contributed by atoms with Crippen molar-refractivity contribution in [3.63, 3.8) is 0 Å². The van der Waals surface area contributed by atoms with Gasteiger partial charge in [0.25, 0.3) is 0 Å². The number of unbranched alkanes of at least 4 members (excludes halogenated alkanes) is 28. The van der Waals surface area contributed by atoms with Crippen LogP contribution in [0.25, 0.3) is 0 Å². The lowest BCUT2D eigenvalue weighted by Crippen LogP contribution is -2.45. The molecule has 1 amide bonds. The summed E-state index contributed by atoms with van der Waals surface area (Å²) in [7, 11) is 0. The lowest BCUT2D eigenvalue weighted by molar-refractivity contribution is -0.123. The van der Waals surface area contributed by atoms with Crippen molar-refractivity contribution in [2.75, 3.05) is 6.61 Å². The fourth-order valence-electron chi connectivity index (χ4n) is 6.57. The van der Waals surface area contributed by atoms with Gasteiger partial charge in [-0.3, -0.25) is 4.79 Å². The molecule has 0 radical (unpaired) electrons. The predicted octanol–water partition coefficient (Wildman–Crippen LogP) is 13.4. The number of aliphatic hydroxyl groups excluding tert-OH is 2. The zero-order chi connectivity index (χ0) is 35.7. The van der Waals surface area contributed by atoms with Crippen LogP contribution in [0.4, 0.5) is 0 Å². The molecule has 0 saturated carbocycles. The Kier molecular flexibility index (Phi) is 39.9. The van der Waals surface area contributed by atoms with E-state index in [-0.39, 0.29) is 12.5 Å². The van der Waals surface area contributed by atoms with Gasteiger partial charge in [-0.1, -0.05) is 217 Å². The minimum absolute atomic E-state index is 0.0776. The van der Waals surface area contributed by atoms with Crippen LogP contribution in [0.15, 0.2) is 36.5 Å². The molecule has 0 aromatic heterocycles. The molecule has 2 unspecified atom stereocenters. The molecule has 3 N–H and O–H groups in total. The summed E-state index contributed by atoms with van der Waals surface area (Å²) < 4.78 is 0. The molecule has 2 atom stereocenters. The zero-order valence-electron chi connectivity index (χ0n) is 33.0. The molecule has 0 aromatic rings. The van der Waals surface area contributed by atoms with Crippen LogP contribution in [0.5, 0.6) is 0 Å². The van der Waals surface area contributed by atoms with Gasteiger partial charge >= 0.3 is 0 Å². The Labute approximate surface area is 306 Å². The molecular formula is C45H85NO3. The van der Waals surface area contributed by atoms with E-state index in [0.717, 1.165) is 44.9 Å². The van der Waals surface area contributed by atoms with Crippen molar-refractivity contribution >= 4 is 5.91 Å². The first-order valence-corrected chi connectivity index (χ1v) is 21.7. The van der Waals surface area contributed by atoms with Crippen LogP contribution < -0.4 is 5.32 Å². The van der Waals surface area contributed by atoms with Crippen molar-refractivity contribution in [3.05, 3.63) is 36.5 Å². The third-order valence-electron chi connectivity index (χ3n) is 9.87. The van der Waals surface area contributed by atoms with Crippen molar-refractivity contribution in [2.24, 2.45) is 0 Å². The van der Waals surface area contributed by atoms with Crippen LogP contribution in [0, 0.1) is 0 Å². The van der Waals surface area contributed by atoms with E-state index in [9.17, 15) is 15.0 Å². The largest absolute Gasteiger partial charge is 0.394 e. The Hall–Kier alpha value is -1.39. The highest BCUT2D eigenvalue weighted by Gasteiger charge is 2.17. The van der Waals surface area contributed by atoms with Crippen molar-refractivity contribution in [1.82, 2.24) is 5.32 Å². The quantitative estimate of drug-likeness (QED) is 0.0445. The lowest BCUT2D eigenvalue weighted by atomic mass is 10.0. The molecule has 4 heteroatoms. The molecule has 0 bridgehead atoms. The third-order valence-corrected chi connectivity index (χ3v) is 9.87. The summed E-state index contributed by atoms with van der Waals surface area (Å²) in [5, 5.41) is 22.8. The molecule has 0 saturated heterocycles. The van der Waals surface area contributed by atoms with Gasteiger partial charge in [0.05, 0.1) is 18.8 Å². The summed E-state index contributed by atoms with van der Waals surface area (Å²) in [5.74, 6) is -0.0776. The predicted molar refractivity (Wildman–Crippen MR) is 216 cm³/mol. The van der Waals surface area contributed by atoms with Gasteiger partial charge in [-0.25, -0.2) is 0 Å². The Bertz CT molecular complexity index is 746. The van der Waals surface area contributed by atoms with Gasteiger partial charge in [0.2, 0.25) is 5.91 Å². The Morgan fingerprint density at radius 2 is 0.816 bits per heavy atom. The molecule has 0 aromatic carbocycles. The number of carbonyl (C=O) groups excluding carboxylic acids is 1. The van der Waals surface area contributed by atoms with Gasteiger partial charge in [-0.15, -0.1) is 0 Å². The summed E-state index contributed by atoms with van der Waals surface area (Å²) >= 11 is 0. The molecule has 0 aliphatic heterocycles. The third kappa shape index (κ3) is 37.7. The van der Waals surface area contributed by atoms with E-state index in [1.165, 1.54) is 161 Å². The Morgan fingerprint density at radius 1 is 0.490 bits per heavy atom. The van der Waals surface area contributed by atoms with Crippen molar-refractivity contribution in [1.29, 1.82) is 0 Å². The maximum absolute atomic E-state index is 12.3. The van der Waals surface area contributed by atoms with Crippen LogP contribution in [-0.2, 0) is 4.79 Å². The van der Waals surface area contributed by atoms with Crippen molar-refractivity contribution < 1.29 is 15.0 Å². The van der Waals surface area contributed by atoms with Gasteiger partial charge in [-0.05, 0) is 38.5 Å². The van der Waals surface area contributed by atoms with Crippen molar-refractivity contribution in [2.45, 2.75) is 238 Å². The van der Waals surface area contributed by atoms with Gasteiger partial charge in [-0.2, -0.15) is 0 Å². The van der Waals surface area contributed by atoms with Crippen LogP contribution in [-0.4, -0.2) is 34.9 Å². The first kappa shape index (κ1) is 47.6. The number of aliphatic hydroxyl groups is 2. The van der Waals surface area contributed by atoms with E-state index < -0.39 is 12.1 Å². The average molecular weight is 688 g/mol. The van der Waals surface area contributed by atoms with Gasteiger partial charge in [0.1, 0.15) is 0 Å². The molecule has 49 heavy (non-hydrogen) atoms. The van der Waals surface area contributed by atoms with Crippen LogP contribution in [0.2, 0.25) is 0 Å². The molecule has 0 aliphatic rings. The summed E-state index contributed by atoms with van der Waals surface area (Å²) in [6, 6.07) is -0.640. The zero-order valence-corrected chi connectivity index (χ0v) is 33.0. The number of hydrogen-bond donors (Lipinski definition) is 3. The van der Waals surface area contributed by atoms with E-state index in [0.29, 0.717) is 6.42 Å². The average Bonchev–Trinajstić information content (AvgIpc) is 3.10. The smallest absolute Gasteiger partial charge is 0.220 e.